The lowest BCUT2D eigenvalue weighted by Gasteiger charge is -2.14. The highest BCUT2D eigenvalue weighted by molar-refractivity contribution is 6.12. The maximum atomic E-state index is 11.0. The van der Waals surface area contributed by atoms with Crippen molar-refractivity contribution in [2.24, 2.45) is 11.8 Å². The Morgan fingerprint density at radius 2 is 2.33 bits per heavy atom. The number of fused-ring (bicyclic) bond motifs is 1. The van der Waals surface area contributed by atoms with Gasteiger partial charge in [-0.25, -0.2) is 0 Å². The van der Waals surface area contributed by atoms with Gasteiger partial charge in [-0.05, 0) is 0 Å². The van der Waals surface area contributed by atoms with Gasteiger partial charge in [-0.3, -0.25) is 4.79 Å². The van der Waals surface area contributed by atoms with Crippen LogP contribution in [-0.2, 0) is 9.53 Å². The number of hydrogen-bond acceptors (Lipinski definition) is 4. The number of esters is 1. The summed E-state index contributed by atoms with van der Waals surface area (Å²) in [5.74, 6) is -0.314. The standard InChI is InChI=1S/C10H13BO4/c11-9(13)2-1-5-6-3-10(14)15-8(6)4-7(5)12/h1-2,5-9,12-13H,3-4H2/b2-1+/t5-,6-,7-,8+,9+/m1/s1. The normalized spacial score (nSPS) is 41.9. The molecule has 80 valence electrons. The van der Waals surface area contributed by atoms with Gasteiger partial charge in [0.15, 0.2) is 0 Å². The molecule has 2 fully saturated rings. The van der Waals surface area contributed by atoms with Crippen LogP contribution < -0.4 is 0 Å². The van der Waals surface area contributed by atoms with Gasteiger partial charge in [0.25, 0.3) is 0 Å². The zero-order valence-corrected chi connectivity index (χ0v) is 8.24. The summed E-state index contributed by atoms with van der Waals surface area (Å²) < 4.78 is 5.07. The van der Waals surface area contributed by atoms with Crippen LogP contribution in [0.1, 0.15) is 12.8 Å². The van der Waals surface area contributed by atoms with Crippen LogP contribution in [0.25, 0.3) is 0 Å². The van der Waals surface area contributed by atoms with E-state index in [1.54, 1.807) is 6.08 Å². The number of carbonyl (C=O) groups excluding carboxylic acids is 1. The summed E-state index contributed by atoms with van der Waals surface area (Å²) in [7, 11) is 5.17. The molecule has 1 aliphatic carbocycles. The number of carbonyl (C=O) groups is 1. The quantitative estimate of drug-likeness (QED) is 0.359. The smallest absolute Gasteiger partial charge is 0.306 e. The minimum absolute atomic E-state index is 0.0301. The van der Waals surface area contributed by atoms with Crippen molar-refractivity contribution in [2.75, 3.05) is 0 Å². The van der Waals surface area contributed by atoms with Crippen molar-refractivity contribution in [3.8, 4) is 0 Å². The van der Waals surface area contributed by atoms with E-state index in [2.05, 4.69) is 0 Å². The SMILES string of the molecule is [B][C@@H](O)/C=C/[C@@H]1[C@H]2CC(=O)O[C@H]2C[C@H]1O. The Kier molecular flexibility index (Phi) is 2.84. The molecule has 2 N–H and O–H groups in total. The summed E-state index contributed by atoms with van der Waals surface area (Å²) in [6.07, 6.45) is 3.25. The number of hydrogen-bond donors (Lipinski definition) is 2. The molecule has 0 aromatic heterocycles. The highest BCUT2D eigenvalue weighted by Gasteiger charge is 2.48. The predicted octanol–water partition coefficient (Wildman–Crippen LogP) is -0.658. The fourth-order valence-corrected chi connectivity index (χ4v) is 2.43. The Hall–Kier alpha value is -0.805. The van der Waals surface area contributed by atoms with Gasteiger partial charge in [0.05, 0.1) is 12.5 Å². The van der Waals surface area contributed by atoms with Gasteiger partial charge in [-0.2, -0.15) is 0 Å². The molecular formula is C10H13BO4. The molecule has 15 heavy (non-hydrogen) atoms. The highest BCUT2D eigenvalue weighted by atomic mass is 16.6. The van der Waals surface area contributed by atoms with Crippen molar-refractivity contribution >= 4 is 13.8 Å². The van der Waals surface area contributed by atoms with E-state index in [1.165, 1.54) is 6.08 Å². The lowest BCUT2D eigenvalue weighted by atomic mass is 9.90. The molecule has 0 amide bonds. The average Bonchev–Trinajstić information content (AvgIpc) is 2.57. The molecule has 2 radical (unpaired) electrons. The van der Waals surface area contributed by atoms with Crippen LogP contribution in [0.4, 0.5) is 0 Å². The molecule has 0 aromatic carbocycles. The van der Waals surface area contributed by atoms with Crippen LogP contribution in [0.3, 0.4) is 0 Å². The first-order valence-corrected chi connectivity index (χ1v) is 5.07. The molecule has 5 atom stereocenters. The third-order valence-corrected chi connectivity index (χ3v) is 3.11. The summed E-state index contributed by atoms with van der Waals surface area (Å²) in [4.78, 5) is 11.0. The number of ether oxygens (including phenoxy) is 1. The molecule has 1 saturated carbocycles. The zero-order valence-electron chi connectivity index (χ0n) is 8.24. The van der Waals surface area contributed by atoms with Crippen molar-refractivity contribution < 1.29 is 19.7 Å². The summed E-state index contributed by atoms with van der Waals surface area (Å²) >= 11 is 0. The fourth-order valence-electron chi connectivity index (χ4n) is 2.43. The molecule has 5 heteroatoms. The Bertz CT molecular complexity index is 289. The second-order valence-corrected chi connectivity index (χ2v) is 4.15. The Morgan fingerprint density at radius 1 is 1.60 bits per heavy atom. The van der Waals surface area contributed by atoms with E-state index in [0.29, 0.717) is 12.8 Å². The Morgan fingerprint density at radius 3 is 3.00 bits per heavy atom. The van der Waals surface area contributed by atoms with E-state index < -0.39 is 12.1 Å². The van der Waals surface area contributed by atoms with E-state index in [0.717, 1.165) is 0 Å². The van der Waals surface area contributed by atoms with E-state index in [1.807, 2.05) is 0 Å². The largest absolute Gasteiger partial charge is 0.462 e. The topological polar surface area (TPSA) is 66.8 Å². The first kappa shape index (κ1) is 10.7. The minimum atomic E-state index is -1.02. The van der Waals surface area contributed by atoms with Gasteiger partial charge in [0.1, 0.15) is 14.0 Å². The van der Waals surface area contributed by atoms with Crippen LogP contribution in [0.5, 0.6) is 0 Å². The van der Waals surface area contributed by atoms with Gasteiger partial charge in [0, 0.05) is 24.3 Å². The number of aliphatic hydroxyl groups is 2. The van der Waals surface area contributed by atoms with Gasteiger partial charge < -0.3 is 14.9 Å². The van der Waals surface area contributed by atoms with Gasteiger partial charge >= 0.3 is 5.97 Å². The second-order valence-electron chi connectivity index (χ2n) is 4.15. The highest BCUT2D eigenvalue weighted by Crippen LogP contribution is 2.41. The maximum absolute atomic E-state index is 11.0. The molecule has 0 bridgehead atoms. The zero-order chi connectivity index (χ0) is 11.0. The number of aliphatic hydroxyl groups excluding tert-OH is 2. The maximum Gasteiger partial charge on any atom is 0.306 e. The van der Waals surface area contributed by atoms with Crippen molar-refractivity contribution in [3.05, 3.63) is 12.2 Å². The second kappa shape index (κ2) is 3.98. The fraction of sp³-hybridized carbons (Fsp3) is 0.700. The molecule has 0 spiro atoms. The van der Waals surface area contributed by atoms with Crippen molar-refractivity contribution in [3.63, 3.8) is 0 Å². The molecule has 0 unspecified atom stereocenters. The van der Waals surface area contributed by atoms with Crippen molar-refractivity contribution in [2.45, 2.75) is 31.1 Å². The van der Waals surface area contributed by atoms with Crippen LogP contribution in [0, 0.1) is 11.8 Å². The van der Waals surface area contributed by atoms with Gasteiger partial charge in [0.2, 0.25) is 0 Å². The van der Waals surface area contributed by atoms with Crippen LogP contribution in [0.2, 0.25) is 0 Å². The molecule has 0 aromatic rings. The van der Waals surface area contributed by atoms with Gasteiger partial charge in [-0.15, -0.1) is 0 Å². The Labute approximate surface area is 89.3 Å². The summed E-state index contributed by atoms with van der Waals surface area (Å²) in [5.41, 5.74) is 0. The minimum Gasteiger partial charge on any atom is -0.462 e. The number of rotatable bonds is 2. The Balaban J connectivity index is 2.07. The predicted molar refractivity (Wildman–Crippen MR) is 53.0 cm³/mol. The monoisotopic (exact) mass is 208 g/mol. The lowest BCUT2D eigenvalue weighted by Crippen LogP contribution is -2.18. The molecule has 2 aliphatic rings. The van der Waals surface area contributed by atoms with E-state index in [-0.39, 0.29) is 23.9 Å². The van der Waals surface area contributed by atoms with Crippen LogP contribution >= 0.6 is 0 Å². The van der Waals surface area contributed by atoms with E-state index in [4.69, 9.17) is 17.7 Å². The van der Waals surface area contributed by atoms with Gasteiger partial charge in [-0.1, -0.05) is 12.2 Å². The lowest BCUT2D eigenvalue weighted by molar-refractivity contribution is -0.141. The molecule has 4 nitrogen and oxygen atoms in total. The summed E-state index contributed by atoms with van der Waals surface area (Å²) in [6, 6.07) is -1.02. The van der Waals surface area contributed by atoms with Crippen LogP contribution in [0.15, 0.2) is 12.2 Å². The molecular weight excluding hydrogens is 195 g/mol. The van der Waals surface area contributed by atoms with Crippen molar-refractivity contribution in [1.29, 1.82) is 0 Å². The molecule has 1 heterocycles. The van der Waals surface area contributed by atoms with E-state index in [9.17, 15) is 9.90 Å². The first-order valence-electron chi connectivity index (χ1n) is 5.07. The summed E-state index contributed by atoms with van der Waals surface area (Å²) in [6.45, 7) is 0. The third-order valence-electron chi connectivity index (χ3n) is 3.11. The van der Waals surface area contributed by atoms with Crippen LogP contribution in [-0.4, -0.2) is 42.2 Å². The van der Waals surface area contributed by atoms with E-state index >= 15 is 0 Å². The van der Waals surface area contributed by atoms with Crippen molar-refractivity contribution in [1.82, 2.24) is 0 Å². The molecule has 1 aliphatic heterocycles. The third kappa shape index (κ3) is 2.08. The summed E-state index contributed by atoms with van der Waals surface area (Å²) in [5, 5.41) is 18.6. The molecule has 2 rings (SSSR count). The first-order chi connectivity index (χ1) is 7.08. The molecule has 1 saturated heterocycles. The average molecular weight is 208 g/mol.